The molecule has 0 amide bonds. The molecule has 0 saturated heterocycles. The van der Waals surface area contributed by atoms with Gasteiger partial charge in [0, 0.05) is 20.3 Å². The van der Waals surface area contributed by atoms with Gasteiger partial charge in [0.15, 0.2) is 9.84 Å². The first-order valence-electron chi connectivity index (χ1n) is 6.31. The lowest BCUT2D eigenvalue weighted by Crippen LogP contribution is -2.35. The quantitative estimate of drug-likeness (QED) is 0.601. The fraction of sp³-hybridized carbons (Fsp3) is 1.00. The zero-order chi connectivity index (χ0) is 14.1. The molecule has 0 bridgehead atoms. The summed E-state index contributed by atoms with van der Waals surface area (Å²) in [7, 11) is -1.37. The molecular weight excluding hydrogens is 254 g/mol. The molecule has 110 valence electrons. The van der Waals surface area contributed by atoms with Crippen LogP contribution in [0.2, 0.25) is 0 Å². The molecule has 18 heavy (non-hydrogen) atoms. The van der Waals surface area contributed by atoms with E-state index in [9.17, 15) is 8.42 Å². The van der Waals surface area contributed by atoms with Crippen molar-refractivity contribution in [2.45, 2.75) is 31.9 Å². The third-order valence-corrected chi connectivity index (χ3v) is 5.16. The number of ether oxygens (including phenoxy) is 2. The number of methoxy groups -OCH3 is 1. The van der Waals surface area contributed by atoms with Crippen molar-refractivity contribution in [1.82, 2.24) is 5.32 Å². The summed E-state index contributed by atoms with van der Waals surface area (Å²) in [6.45, 7) is 8.34. The SMILES string of the molecule is COCCOCCCNCCS(=O)(=O)C(C)(C)C. The fourth-order valence-corrected chi connectivity index (χ4v) is 2.21. The Morgan fingerprint density at radius 3 is 2.28 bits per heavy atom. The molecule has 0 unspecified atom stereocenters. The molecule has 0 atom stereocenters. The summed E-state index contributed by atoms with van der Waals surface area (Å²) in [5.41, 5.74) is 0. The van der Waals surface area contributed by atoms with Crippen molar-refractivity contribution < 1.29 is 17.9 Å². The highest BCUT2D eigenvalue weighted by Crippen LogP contribution is 2.14. The Balaban J connectivity index is 3.47. The van der Waals surface area contributed by atoms with Gasteiger partial charge in [-0.1, -0.05) is 0 Å². The molecule has 0 aliphatic rings. The molecular formula is C12H27NO4S. The lowest BCUT2D eigenvalue weighted by Gasteiger charge is -2.19. The summed E-state index contributed by atoms with van der Waals surface area (Å²) in [4.78, 5) is 0. The van der Waals surface area contributed by atoms with E-state index < -0.39 is 14.6 Å². The Hall–Kier alpha value is -0.170. The van der Waals surface area contributed by atoms with E-state index in [0.29, 0.717) is 26.4 Å². The van der Waals surface area contributed by atoms with Gasteiger partial charge in [-0.3, -0.25) is 0 Å². The standard InChI is InChI=1S/C12H27NO4S/c1-12(2,3)18(14,15)11-7-13-6-5-8-17-10-9-16-4/h13H,5-11H2,1-4H3. The van der Waals surface area contributed by atoms with Gasteiger partial charge >= 0.3 is 0 Å². The maximum Gasteiger partial charge on any atom is 0.156 e. The predicted octanol–water partition coefficient (Wildman–Crippen LogP) is 0.842. The van der Waals surface area contributed by atoms with Gasteiger partial charge < -0.3 is 14.8 Å². The normalized spacial score (nSPS) is 12.9. The van der Waals surface area contributed by atoms with Crippen LogP contribution in [-0.2, 0) is 19.3 Å². The molecule has 6 heteroatoms. The zero-order valence-electron chi connectivity index (χ0n) is 12.0. The van der Waals surface area contributed by atoms with Crippen LogP contribution in [-0.4, -0.2) is 58.9 Å². The van der Waals surface area contributed by atoms with Crippen LogP contribution in [0, 0.1) is 0 Å². The third-order valence-electron chi connectivity index (χ3n) is 2.55. The monoisotopic (exact) mass is 281 g/mol. The van der Waals surface area contributed by atoms with Crippen molar-refractivity contribution in [2.75, 3.05) is 45.8 Å². The van der Waals surface area contributed by atoms with E-state index in [1.165, 1.54) is 0 Å². The summed E-state index contributed by atoms with van der Waals surface area (Å²) < 4.78 is 33.0. The minimum absolute atomic E-state index is 0.182. The van der Waals surface area contributed by atoms with Crippen molar-refractivity contribution in [2.24, 2.45) is 0 Å². The van der Waals surface area contributed by atoms with Crippen LogP contribution in [0.3, 0.4) is 0 Å². The molecule has 0 saturated carbocycles. The van der Waals surface area contributed by atoms with Gasteiger partial charge in [0.1, 0.15) is 0 Å². The van der Waals surface area contributed by atoms with E-state index in [4.69, 9.17) is 9.47 Å². The number of nitrogens with one attached hydrogen (secondary N) is 1. The molecule has 0 heterocycles. The molecule has 5 nitrogen and oxygen atoms in total. The highest BCUT2D eigenvalue weighted by atomic mass is 32.2. The molecule has 0 fully saturated rings. The van der Waals surface area contributed by atoms with E-state index in [0.717, 1.165) is 13.0 Å². The summed E-state index contributed by atoms with van der Waals surface area (Å²) in [6, 6.07) is 0. The molecule has 1 N–H and O–H groups in total. The van der Waals surface area contributed by atoms with Crippen LogP contribution >= 0.6 is 0 Å². The van der Waals surface area contributed by atoms with E-state index >= 15 is 0 Å². The van der Waals surface area contributed by atoms with Crippen LogP contribution in [0.25, 0.3) is 0 Å². The largest absolute Gasteiger partial charge is 0.382 e. The second kappa shape index (κ2) is 8.85. The lowest BCUT2D eigenvalue weighted by molar-refractivity contribution is 0.0695. The molecule has 0 aromatic rings. The highest BCUT2D eigenvalue weighted by Gasteiger charge is 2.27. The summed E-state index contributed by atoms with van der Waals surface area (Å²) in [5, 5.41) is 3.11. The molecule has 0 aliphatic carbocycles. The van der Waals surface area contributed by atoms with Crippen LogP contribution in [0.1, 0.15) is 27.2 Å². The topological polar surface area (TPSA) is 64.6 Å². The average Bonchev–Trinajstić information content (AvgIpc) is 2.25. The first kappa shape index (κ1) is 17.8. The van der Waals surface area contributed by atoms with Gasteiger partial charge in [-0.15, -0.1) is 0 Å². The minimum atomic E-state index is -3.01. The summed E-state index contributed by atoms with van der Waals surface area (Å²) in [6.07, 6.45) is 0.874. The van der Waals surface area contributed by atoms with E-state index in [2.05, 4.69) is 5.32 Å². The molecule has 0 aromatic carbocycles. The van der Waals surface area contributed by atoms with Crippen LogP contribution in [0.15, 0.2) is 0 Å². The highest BCUT2D eigenvalue weighted by molar-refractivity contribution is 7.92. The Kier molecular flexibility index (Phi) is 8.77. The maximum absolute atomic E-state index is 11.8. The smallest absolute Gasteiger partial charge is 0.156 e. The molecule has 0 radical (unpaired) electrons. The Bertz CT molecular complexity index is 296. The third kappa shape index (κ3) is 8.02. The molecule has 0 spiro atoms. The predicted molar refractivity (Wildman–Crippen MR) is 73.7 cm³/mol. The number of rotatable bonds is 10. The van der Waals surface area contributed by atoms with Crippen LogP contribution in [0.5, 0.6) is 0 Å². The lowest BCUT2D eigenvalue weighted by atomic mass is 10.3. The Morgan fingerprint density at radius 1 is 1.06 bits per heavy atom. The summed E-state index contributed by atoms with van der Waals surface area (Å²) >= 11 is 0. The maximum atomic E-state index is 11.8. The van der Waals surface area contributed by atoms with Crippen molar-refractivity contribution in [1.29, 1.82) is 0 Å². The average molecular weight is 281 g/mol. The molecule has 0 aromatic heterocycles. The Morgan fingerprint density at radius 2 is 1.72 bits per heavy atom. The van der Waals surface area contributed by atoms with Crippen molar-refractivity contribution in [3.05, 3.63) is 0 Å². The van der Waals surface area contributed by atoms with E-state index in [1.54, 1.807) is 27.9 Å². The van der Waals surface area contributed by atoms with Crippen LogP contribution in [0.4, 0.5) is 0 Å². The van der Waals surface area contributed by atoms with E-state index in [-0.39, 0.29) is 5.75 Å². The number of hydrogen-bond donors (Lipinski definition) is 1. The van der Waals surface area contributed by atoms with E-state index in [1.807, 2.05) is 0 Å². The van der Waals surface area contributed by atoms with Gasteiger partial charge in [0.05, 0.1) is 23.7 Å². The van der Waals surface area contributed by atoms with Crippen molar-refractivity contribution >= 4 is 9.84 Å². The first-order chi connectivity index (χ1) is 8.31. The van der Waals surface area contributed by atoms with Crippen molar-refractivity contribution in [3.8, 4) is 0 Å². The van der Waals surface area contributed by atoms with Gasteiger partial charge in [-0.05, 0) is 33.7 Å². The summed E-state index contributed by atoms with van der Waals surface area (Å²) in [5.74, 6) is 0.182. The van der Waals surface area contributed by atoms with Gasteiger partial charge in [-0.2, -0.15) is 0 Å². The first-order valence-corrected chi connectivity index (χ1v) is 7.96. The Labute approximate surface area is 111 Å². The fourth-order valence-electron chi connectivity index (χ4n) is 1.18. The van der Waals surface area contributed by atoms with Gasteiger partial charge in [0.2, 0.25) is 0 Å². The minimum Gasteiger partial charge on any atom is -0.382 e. The second-order valence-electron chi connectivity index (χ2n) is 5.14. The zero-order valence-corrected chi connectivity index (χ0v) is 12.8. The molecule has 0 aliphatic heterocycles. The number of hydrogen-bond acceptors (Lipinski definition) is 5. The number of sulfone groups is 1. The van der Waals surface area contributed by atoms with Crippen LogP contribution < -0.4 is 5.32 Å². The second-order valence-corrected chi connectivity index (χ2v) is 8.00. The van der Waals surface area contributed by atoms with Gasteiger partial charge in [-0.25, -0.2) is 8.42 Å². The molecule has 0 rings (SSSR count). The van der Waals surface area contributed by atoms with Crippen molar-refractivity contribution in [3.63, 3.8) is 0 Å². The van der Waals surface area contributed by atoms with Gasteiger partial charge in [0.25, 0.3) is 0 Å².